The average Bonchev–Trinajstić information content (AvgIpc) is 2.69. The molecule has 27 heavy (non-hydrogen) atoms. The van der Waals surface area contributed by atoms with Crippen molar-refractivity contribution in [2.75, 3.05) is 10.3 Å². The smallest absolute Gasteiger partial charge is 0.274 e. The normalized spacial score (nSPS) is 10.5. The Morgan fingerprint density at radius 2 is 2.00 bits per heavy atom. The van der Waals surface area contributed by atoms with Crippen molar-refractivity contribution in [1.29, 1.82) is 0 Å². The van der Waals surface area contributed by atoms with Crippen LogP contribution in [0.3, 0.4) is 0 Å². The van der Waals surface area contributed by atoms with E-state index in [1.54, 1.807) is 30.3 Å². The monoisotopic (exact) mass is 477 g/mol. The Morgan fingerprint density at radius 1 is 1.19 bits per heavy atom. The van der Waals surface area contributed by atoms with Gasteiger partial charge in [-0.25, -0.2) is 15.2 Å². The highest BCUT2D eigenvalue weighted by molar-refractivity contribution is 14.1. The topological polar surface area (TPSA) is 97.3 Å². The summed E-state index contributed by atoms with van der Waals surface area (Å²) in [6, 6.07) is 13.4. The van der Waals surface area contributed by atoms with Gasteiger partial charge >= 0.3 is 0 Å². The van der Waals surface area contributed by atoms with Crippen LogP contribution in [0.4, 0.5) is 21.5 Å². The van der Waals surface area contributed by atoms with E-state index in [1.807, 2.05) is 28.7 Å². The molecular weight excluding hydrogens is 460 g/mol. The number of hydrogen-bond donors (Lipinski definition) is 3. The van der Waals surface area contributed by atoms with Gasteiger partial charge in [0.25, 0.3) is 5.91 Å². The number of aromatic nitrogens is 1. The Morgan fingerprint density at radius 3 is 2.74 bits per heavy atom. The Bertz CT molecular complexity index is 982. The van der Waals surface area contributed by atoms with Gasteiger partial charge in [-0.3, -0.25) is 9.78 Å². The van der Waals surface area contributed by atoms with Crippen LogP contribution >= 0.6 is 22.6 Å². The van der Waals surface area contributed by atoms with Crippen LogP contribution in [0.1, 0.15) is 15.9 Å². The summed E-state index contributed by atoms with van der Waals surface area (Å²) >= 11 is 2.02. The zero-order chi connectivity index (χ0) is 19.4. The molecule has 0 atom stereocenters. The third-order valence-electron chi connectivity index (χ3n) is 3.90. The largest absolute Gasteiger partial charge is 0.351 e. The molecule has 5 N–H and O–H groups in total. The molecule has 2 aromatic carbocycles. The number of carbonyl (C=O) groups is 1. The highest BCUT2D eigenvalue weighted by Crippen LogP contribution is 2.25. The van der Waals surface area contributed by atoms with Gasteiger partial charge < -0.3 is 11.1 Å². The highest BCUT2D eigenvalue weighted by Gasteiger charge is 2.19. The van der Waals surface area contributed by atoms with Gasteiger partial charge in [0.05, 0.1) is 28.8 Å². The molecule has 1 aromatic heterocycles. The molecule has 0 unspecified atom stereocenters. The van der Waals surface area contributed by atoms with E-state index in [0.29, 0.717) is 17.9 Å². The van der Waals surface area contributed by atoms with Gasteiger partial charge in [0, 0.05) is 16.3 Å². The lowest BCUT2D eigenvalue weighted by Crippen LogP contribution is -2.37. The van der Waals surface area contributed by atoms with Crippen molar-refractivity contribution in [2.45, 2.75) is 6.54 Å². The number of amides is 1. The van der Waals surface area contributed by atoms with Gasteiger partial charge in [-0.2, -0.15) is 0 Å². The minimum absolute atomic E-state index is 0.242. The minimum atomic E-state index is -0.458. The number of hydrogen-bond acceptors (Lipinski definition) is 5. The lowest BCUT2D eigenvalue weighted by molar-refractivity contribution is 0.0987. The Labute approximate surface area is 169 Å². The van der Waals surface area contributed by atoms with Crippen LogP contribution in [0.25, 0.3) is 0 Å². The molecule has 0 bridgehead atoms. The number of nitrogens with one attached hydrogen (secondary N) is 1. The fourth-order valence-corrected chi connectivity index (χ4v) is 2.95. The van der Waals surface area contributed by atoms with Gasteiger partial charge in [-0.05, 0) is 64.6 Å². The van der Waals surface area contributed by atoms with Crippen molar-refractivity contribution in [3.63, 3.8) is 0 Å². The van der Waals surface area contributed by atoms with Crippen LogP contribution in [0.5, 0.6) is 0 Å². The molecule has 0 saturated heterocycles. The minimum Gasteiger partial charge on any atom is -0.351 e. The second-order valence-corrected chi connectivity index (χ2v) is 6.97. The van der Waals surface area contributed by atoms with Crippen molar-refractivity contribution in [2.24, 2.45) is 11.6 Å². The van der Waals surface area contributed by atoms with E-state index in [9.17, 15) is 9.18 Å². The molecule has 0 spiro atoms. The van der Waals surface area contributed by atoms with Crippen molar-refractivity contribution in [3.05, 3.63) is 81.4 Å². The summed E-state index contributed by atoms with van der Waals surface area (Å²) in [6.07, 6.45) is 2.93. The second-order valence-electron chi connectivity index (χ2n) is 5.72. The third-order valence-corrected chi connectivity index (χ3v) is 4.57. The summed E-state index contributed by atoms with van der Waals surface area (Å²) in [4.78, 5) is 16.9. The lowest BCUT2D eigenvalue weighted by Gasteiger charge is -2.19. The van der Waals surface area contributed by atoms with E-state index >= 15 is 0 Å². The standard InChI is InChI=1S/C19H17FIN5O/c20-16-9-13(21)4-5-17(16)25-18-11-24-7-6-15(18)19(27)26(23)14-3-1-2-12(8-14)10-22/h1-9,11,25H,10,22-23H2. The van der Waals surface area contributed by atoms with Crippen molar-refractivity contribution < 1.29 is 9.18 Å². The number of rotatable bonds is 5. The molecule has 0 aliphatic rings. The highest BCUT2D eigenvalue weighted by atomic mass is 127. The molecule has 6 nitrogen and oxygen atoms in total. The van der Waals surface area contributed by atoms with Crippen molar-refractivity contribution >= 4 is 45.6 Å². The summed E-state index contributed by atoms with van der Waals surface area (Å²) in [6.45, 7) is 0.337. The molecule has 3 rings (SSSR count). The number of nitrogens with zero attached hydrogens (tertiary/aromatic N) is 2. The van der Waals surface area contributed by atoms with Crippen LogP contribution in [0.15, 0.2) is 60.9 Å². The summed E-state index contributed by atoms with van der Waals surface area (Å²) in [5, 5.41) is 3.95. The van der Waals surface area contributed by atoms with Gasteiger partial charge in [0.1, 0.15) is 5.82 Å². The molecule has 0 radical (unpaired) electrons. The molecule has 1 heterocycles. The van der Waals surface area contributed by atoms with Crippen LogP contribution in [0.2, 0.25) is 0 Å². The number of pyridine rings is 1. The molecule has 0 fully saturated rings. The second kappa shape index (κ2) is 8.42. The number of carbonyl (C=O) groups excluding carboxylic acids is 1. The number of halogens is 2. The lowest BCUT2D eigenvalue weighted by atomic mass is 10.1. The molecule has 0 aliphatic heterocycles. The van der Waals surface area contributed by atoms with E-state index in [0.717, 1.165) is 14.1 Å². The quantitative estimate of drug-likeness (QED) is 0.226. The van der Waals surface area contributed by atoms with Gasteiger partial charge in [0.15, 0.2) is 0 Å². The van der Waals surface area contributed by atoms with E-state index in [-0.39, 0.29) is 11.3 Å². The molecule has 138 valence electrons. The van der Waals surface area contributed by atoms with Gasteiger partial charge in [0.2, 0.25) is 0 Å². The number of hydrazine groups is 1. The maximum absolute atomic E-state index is 14.2. The first-order valence-electron chi connectivity index (χ1n) is 8.04. The van der Waals surface area contributed by atoms with Crippen molar-refractivity contribution in [3.8, 4) is 0 Å². The van der Waals surface area contributed by atoms with E-state index in [1.165, 1.54) is 24.5 Å². The predicted molar refractivity (Wildman–Crippen MR) is 112 cm³/mol. The Kier molecular flexibility index (Phi) is 5.99. The zero-order valence-corrected chi connectivity index (χ0v) is 16.4. The molecule has 3 aromatic rings. The number of anilines is 3. The first-order chi connectivity index (χ1) is 13.0. The van der Waals surface area contributed by atoms with E-state index in [4.69, 9.17) is 11.6 Å². The van der Waals surface area contributed by atoms with E-state index in [2.05, 4.69) is 10.3 Å². The molecular formula is C19H17FIN5O. The fraction of sp³-hybridized carbons (Fsp3) is 0.0526. The average molecular weight is 477 g/mol. The first-order valence-corrected chi connectivity index (χ1v) is 9.11. The Hall–Kier alpha value is -2.56. The maximum atomic E-state index is 14.2. The molecule has 1 amide bonds. The van der Waals surface area contributed by atoms with Crippen molar-refractivity contribution in [1.82, 2.24) is 4.98 Å². The molecule has 0 aliphatic carbocycles. The number of nitrogens with two attached hydrogens (primary N) is 2. The summed E-state index contributed by atoms with van der Waals surface area (Å²) in [7, 11) is 0. The fourth-order valence-electron chi connectivity index (χ4n) is 2.50. The van der Waals surface area contributed by atoms with E-state index < -0.39 is 11.7 Å². The first kappa shape index (κ1) is 19.2. The molecule has 0 saturated carbocycles. The maximum Gasteiger partial charge on any atom is 0.274 e. The Balaban J connectivity index is 1.91. The summed E-state index contributed by atoms with van der Waals surface area (Å²) in [5.74, 6) is 5.14. The summed E-state index contributed by atoms with van der Waals surface area (Å²) < 4.78 is 14.9. The van der Waals surface area contributed by atoms with Gasteiger partial charge in [-0.1, -0.05) is 12.1 Å². The summed E-state index contributed by atoms with van der Waals surface area (Å²) in [5.41, 5.74) is 7.86. The van der Waals surface area contributed by atoms with Crippen LogP contribution in [-0.2, 0) is 6.54 Å². The molecule has 8 heteroatoms. The van der Waals surface area contributed by atoms with Crippen LogP contribution in [-0.4, -0.2) is 10.9 Å². The third kappa shape index (κ3) is 4.41. The zero-order valence-electron chi connectivity index (χ0n) is 14.2. The number of benzene rings is 2. The SMILES string of the molecule is NCc1cccc(N(N)C(=O)c2ccncc2Nc2ccc(I)cc2F)c1. The predicted octanol–water partition coefficient (Wildman–Crippen LogP) is 3.55. The van der Waals surface area contributed by atoms with Gasteiger partial charge in [-0.15, -0.1) is 0 Å². The van der Waals surface area contributed by atoms with Crippen LogP contribution in [0, 0.1) is 9.39 Å². The van der Waals surface area contributed by atoms with Crippen LogP contribution < -0.4 is 21.9 Å².